The number of alkyl halides is 3. The van der Waals surface area contributed by atoms with Gasteiger partial charge in [0.15, 0.2) is 0 Å². The number of hydrogen-bond donors (Lipinski definition) is 2. The number of amides is 1. The molecular weight excluding hydrogens is 285 g/mol. The summed E-state index contributed by atoms with van der Waals surface area (Å²) >= 11 is 0. The molecular formula is C11H14ClF3N2O2. The Labute approximate surface area is 114 Å². The summed E-state index contributed by atoms with van der Waals surface area (Å²) in [7, 11) is 0. The Kier molecular flexibility index (Phi) is 7.25. The minimum Gasteiger partial charge on any atom is -0.406 e. The topological polar surface area (TPSA) is 64.4 Å². The maximum atomic E-state index is 11.9. The van der Waals surface area contributed by atoms with Crippen LogP contribution >= 0.6 is 12.4 Å². The molecule has 19 heavy (non-hydrogen) atoms. The van der Waals surface area contributed by atoms with Crippen LogP contribution in [0.15, 0.2) is 24.3 Å². The van der Waals surface area contributed by atoms with Gasteiger partial charge in [-0.2, -0.15) is 0 Å². The van der Waals surface area contributed by atoms with Crippen molar-refractivity contribution < 1.29 is 22.7 Å². The molecule has 1 rings (SSSR count). The molecule has 1 aromatic carbocycles. The highest BCUT2D eigenvalue weighted by Gasteiger charge is 2.30. The van der Waals surface area contributed by atoms with Crippen LogP contribution in [0.5, 0.6) is 5.75 Å². The van der Waals surface area contributed by atoms with E-state index in [0.29, 0.717) is 13.0 Å². The van der Waals surface area contributed by atoms with Crippen LogP contribution in [0.25, 0.3) is 0 Å². The third-order valence-corrected chi connectivity index (χ3v) is 2.08. The van der Waals surface area contributed by atoms with Gasteiger partial charge in [0.1, 0.15) is 5.75 Å². The summed E-state index contributed by atoms with van der Waals surface area (Å²) in [5.41, 5.74) is 5.89. The number of carbonyl (C=O) groups excluding carboxylic acids is 1. The quantitative estimate of drug-likeness (QED) is 0.868. The van der Waals surface area contributed by atoms with E-state index in [1.807, 2.05) is 0 Å². The number of benzene rings is 1. The Morgan fingerprint density at radius 1 is 1.26 bits per heavy atom. The molecule has 1 aromatic rings. The Bertz CT molecular complexity index is 396. The Morgan fingerprint density at radius 2 is 1.84 bits per heavy atom. The van der Waals surface area contributed by atoms with Gasteiger partial charge in [0.25, 0.3) is 0 Å². The van der Waals surface area contributed by atoms with Crippen molar-refractivity contribution in [3.63, 3.8) is 0 Å². The molecule has 108 valence electrons. The van der Waals surface area contributed by atoms with Gasteiger partial charge in [-0.05, 0) is 24.1 Å². The average Bonchev–Trinajstić information content (AvgIpc) is 2.29. The average molecular weight is 299 g/mol. The van der Waals surface area contributed by atoms with Crippen molar-refractivity contribution in [3.05, 3.63) is 29.8 Å². The zero-order valence-electron chi connectivity index (χ0n) is 9.87. The van der Waals surface area contributed by atoms with Gasteiger partial charge in [-0.1, -0.05) is 12.1 Å². The largest absolute Gasteiger partial charge is 0.573 e. The number of halogens is 4. The lowest BCUT2D eigenvalue weighted by molar-refractivity contribution is -0.274. The highest BCUT2D eigenvalue weighted by atomic mass is 35.5. The predicted octanol–water partition coefficient (Wildman–Crippen LogP) is 1.62. The summed E-state index contributed by atoms with van der Waals surface area (Å²) in [6, 6.07) is 5.48. The van der Waals surface area contributed by atoms with Crippen molar-refractivity contribution >= 4 is 18.3 Å². The lowest BCUT2D eigenvalue weighted by atomic mass is 10.1. The molecule has 0 unspecified atom stereocenters. The summed E-state index contributed by atoms with van der Waals surface area (Å²) in [5.74, 6) is -0.538. The van der Waals surface area contributed by atoms with E-state index in [1.54, 1.807) is 0 Å². The molecule has 0 fully saturated rings. The second kappa shape index (κ2) is 7.85. The molecule has 0 radical (unpaired) electrons. The van der Waals surface area contributed by atoms with E-state index in [9.17, 15) is 18.0 Å². The van der Waals surface area contributed by atoms with Crippen LogP contribution in [0.2, 0.25) is 0 Å². The summed E-state index contributed by atoms with van der Waals surface area (Å²) in [6.45, 7) is 0.299. The van der Waals surface area contributed by atoms with E-state index in [2.05, 4.69) is 10.1 Å². The van der Waals surface area contributed by atoms with Gasteiger partial charge in [0.05, 0.1) is 6.54 Å². The normalized spacial score (nSPS) is 10.5. The SMILES string of the molecule is Cl.NCC(=O)NCCc1ccc(OC(F)(F)F)cc1. The molecule has 8 heteroatoms. The van der Waals surface area contributed by atoms with E-state index in [0.717, 1.165) is 5.56 Å². The van der Waals surface area contributed by atoms with E-state index in [4.69, 9.17) is 5.73 Å². The molecule has 0 bridgehead atoms. The van der Waals surface area contributed by atoms with Crippen LogP contribution in [0.3, 0.4) is 0 Å². The number of carbonyl (C=O) groups is 1. The molecule has 1 amide bonds. The van der Waals surface area contributed by atoms with Crippen molar-refractivity contribution in [3.8, 4) is 5.75 Å². The first-order valence-corrected chi connectivity index (χ1v) is 5.22. The van der Waals surface area contributed by atoms with Crippen molar-refractivity contribution in [1.29, 1.82) is 0 Å². The minimum absolute atomic E-state index is 0. The van der Waals surface area contributed by atoms with Crippen molar-refractivity contribution in [1.82, 2.24) is 5.32 Å². The highest BCUT2D eigenvalue weighted by molar-refractivity contribution is 5.85. The standard InChI is InChI=1S/C11H13F3N2O2.ClH/c12-11(13,14)18-9-3-1-8(2-4-9)5-6-16-10(17)7-15;/h1-4H,5-7,15H2,(H,16,17);1H. The fourth-order valence-corrected chi connectivity index (χ4v) is 1.28. The fraction of sp³-hybridized carbons (Fsp3) is 0.364. The van der Waals surface area contributed by atoms with Gasteiger partial charge in [-0.25, -0.2) is 0 Å². The molecule has 0 saturated carbocycles. The summed E-state index contributed by atoms with van der Waals surface area (Å²) < 4.78 is 39.4. The minimum atomic E-state index is -4.68. The third-order valence-electron chi connectivity index (χ3n) is 2.08. The van der Waals surface area contributed by atoms with Crippen LogP contribution < -0.4 is 15.8 Å². The maximum absolute atomic E-state index is 11.9. The van der Waals surface area contributed by atoms with E-state index in [1.165, 1.54) is 24.3 Å². The lowest BCUT2D eigenvalue weighted by Gasteiger charge is -2.09. The molecule has 0 spiro atoms. The summed E-state index contributed by atoms with van der Waals surface area (Å²) in [4.78, 5) is 10.8. The first kappa shape index (κ1) is 17.5. The van der Waals surface area contributed by atoms with Crippen molar-refractivity contribution in [2.24, 2.45) is 5.73 Å². The van der Waals surface area contributed by atoms with Crippen LogP contribution in [0.1, 0.15) is 5.56 Å². The van der Waals surface area contributed by atoms with Gasteiger partial charge in [0.2, 0.25) is 5.91 Å². The van der Waals surface area contributed by atoms with Gasteiger partial charge in [-0.3, -0.25) is 4.79 Å². The molecule has 0 atom stereocenters. The first-order chi connectivity index (χ1) is 8.40. The van der Waals surface area contributed by atoms with Crippen LogP contribution in [0, 0.1) is 0 Å². The van der Waals surface area contributed by atoms with Gasteiger partial charge in [-0.15, -0.1) is 25.6 Å². The third kappa shape index (κ3) is 7.53. The van der Waals surface area contributed by atoms with Crippen molar-refractivity contribution in [2.45, 2.75) is 12.8 Å². The highest BCUT2D eigenvalue weighted by Crippen LogP contribution is 2.22. The number of nitrogens with one attached hydrogen (secondary N) is 1. The molecule has 0 saturated heterocycles. The molecule has 0 aromatic heterocycles. The zero-order valence-corrected chi connectivity index (χ0v) is 10.7. The number of ether oxygens (including phenoxy) is 1. The van der Waals surface area contributed by atoms with E-state index < -0.39 is 6.36 Å². The van der Waals surface area contributed by atoms with Gasteiger partial charge in [0, 0.05) is 6.54 Å². The second-order valence-corrected chi connectivity index (χ2v) is 3.50. The Hall–Kier alpha value is -1.47. The second-order valence-electron chi connectivity index (χ2n) is 3.50. The van der Waals surface area contributed by atoms with E-state index >= 15 is 0 Å². The monoisotopic (exact) mass is 298 g/mol. The smallest absolute Gasteiger partial charge is 0.406 e. The van der Waals surface area contributed by atoms with E-state index in [-0.39, 0.29) is 30.6 Å². The predicted molar refractivity (Wildman–Crippen MR) is 66.1 cm³/mol. The lowest BCUT2D eigenvalue weighted by Crippen LogP contribution is -2.31. The van der Waals surface area contributed by atoms with Crippen LogP contribution in [-0.4, -0.2) is 25.4 Å². The molecule has 0 heterocycles. The number of rotatable bonds is 5. The maximum Gasteiger partial charge on any atom is 0.573 e. The molecule has 3 N–H and O–H groups in total. The van der Waals surface area contributed by atoms with Crippen molar-refractivity contribution in [2.75, 3.05) is 13.1 Å². The Morgan fingerprint density at radius 3 is 2.32 bits per heavy atom. The van der Waals surface area contributed by atoms with Gasteiger partial charge >= 0.3 is 6.36 Å². The number of nitrogens with two attached hydrogens (primary N) is 1. The van der Waals surface area contributed by atoms with Gasteiger partial charge < -0.3 is 15.8 Å². The fourth-order valence-electron chi connectivity index (χ4n) is 1.28. The molecule has 0 aliphatic rings. The Balaban J connectivity index is 0.00000324. The zero-order chi connectivity index (χ0) is 13.6. The number of hydrogen-bond acceptors (Lipinski definition) is 3. The molecule has 0 aliphatic carbocycles. The van der Waals surface area contributed by atoms with Crippen LogP contribution in [0.4, 0.5) is 13.2 Å². The summed E-state index contributed by atoms with van der Waals surface area (Å²) in [5, 5.41) is 2.56. The summed E-state index contributed by atoms with van der Waals surface area (Å²) in [6.07, 6.45) is -4.17. The molecule has 4 nitrogen and oxygen atoms in total. The molecule has 0 aliphatic heterocycles. The first-order valence-electron chi connectivity index (χ1n) is 5.22. The van der Waals surface area contributed by atoms with Crippen LogP contribution in [-0.2, 0) is 11.2 Å².